The van der Waals surface area contributed by atoms with Gasteiger partial charge in [0.25, 0.3) is 5.91 Å². The fourth-order valence-corrected chi connectivity index (χ4v) is 4.09. The first-order chi connectivity index (χ1) is 13.6. The molecule has 1 aliphatic heterocycles. The van der Waals surface area contributed by atoms with Gasteiger partial charge in [-0.2, -0.15) is 5.10 Å². The number of aryl methyl sites for hydroxylation is 1. The van der Waals surface area contributed by atoms with Crippen LogP contribution in [-0.2, 0) is 20.0 Å². The third kappa shape index (κ3) is 2.77. The number of pyridine rings is 1. The van der Waals surface area contributed by atoms with Crippen LogP contribution in [0.4, 0.5) is 0 Å². The van der Waals surface area contributed by atoms with E-state index in [1.54, 1.807) is 6.07 Å². The molecule has 4 heterocycles. The van der Waals surface area contributed by atoms with E-state index in [0.717, 1.165) is 34.4 Å². The summed E-state index contributed by atoms with van der Waals surface area (Å²) in [6.45, 7) is 1.11. The minimum Gasteiger partial charge on any atom is -0.346 e. The molecule has 0 saturated heterocycles. The Balaban J connectivity index is 1.45. The molecule has 4 aromatic rings. The predicted molar refractivity (Wildman–Crippen MR) is 108 cm³/mol. The second-order valence-corrected chi connectivity index (χ2v) is 7.43. The first-order valence-corrected chi connectivity index (χ1v) is 9.52. The highest BCUT2D eigenvalue weighted by Gasteiger charge is 2.28. The fourth-order valence-electron chi connectivity index (χ4n) is 3.90. The summed E-state index contributed by atoms with van der Waals surface area (Å²) in [6, 6.07) is 13.4. The molecule has 28 heavy (non-hydrogen) atoms. The van der Waals surface area contributed by atoms with Crippen LogP contribution in [0.2, 0.25) is 5.02 Å². The van der Waals surface area contributed by atoms with Gasteiger partial charge in [0.2, 0.25) is 0 Å². The standard InChI is InChI=1S/C21H18ClN5O/c1-26-19(14-3-2-4-15(22)11-14)16-8-10-27(12-18(16)25-26)21(28)17-6-5-13-7-9-23-20(13)24-17/h2-7,9,11H,8,10,12H2,1H3,(H,23,24). The van der Waals surface area contributed by atoms with Crippen molar-refractivity contribution in [3.8, 4) is 11.3 Å². The Morgan fingerprint density at radius 2 is 2.11 bits per heavy atom. The van der Waals surface area contributed by atoms with Crippen molar-refractivity contribution in [2.75, 3.05) is 6.54 Å². The molecule has 1 aliphatic rings. The van der Waals surface area contributed by atoms with Crippen molar-refractivity contribution in [3.05, 3.63) is 70.6 Å². The molecular weight excluding hydrogens is 374 g/mol. The van der Waals surface area contributed by atoms with Gasteiger partial charge in [-0.25, -0.2) is 4.98 Å². The molecule has 0 radical (unpaired) electrons. The molecule has 7 heteroatoms. The molecule has 0 fully saturated rings. The first kappa shape index (κ1) is 17.0. The van der Waals surface area contributed by atoms with E-state index in [0.29, 0.717) is 23.8 Å². The van der Waals surface area contributed by atoms with Gasteiger partial charge in [0, 0.05) is 41.3 Å². The van der Waals surface area contributed by atoms with Gasteiger partial charge in [0.05, 0.1) is 17.9 Å². The van der Waals surface area contributed by atoms with Crippen LogP contribution in [0.3, 0.4) is 0 Å². The highest BCUT2D eigenvalue weighted by molar-refractivity contribution is 6.30. The van der Waals surface area contributed by atoms with Crippen molar-refractivity contribution < 1.29 is 4.79 Å². The highest BCUT2D eigenvalue weighted by atomic mass is 35.5. The van der Waals surface area contributed by atoms with E-state index in [1.807, 2.05) is 59.2 Å². The molecule has 6 nitrogen and oxygen atoms in total. The number of H-pyrrole nitrogens is 1. The zero-order valence-electron chi connectivity index (χ0n) is 15.3. The van der Waals surface area contributed by atoms with Gasteiger partial charge in [0.1, 0.15) is 11.3 Å². The molecule has 0 spiro atoms. The van der Waals surface area contributed by atoms with Gasteiger partial charge >= 0.3 is 0 Å². The third-order valence-electron chi connectivity index (χ3n) is 5.21. The summed E-state index contributed by atoms with van der Waals surface area (Å²) in [4.78, 5) is 22.3. The minimum atomic E-state index is -0.0721. The van der Waals surface area contributed by atoms with Crippen LogP contribution in [0.5, 0.6) is 0 Å². The Morgan fingerprint density at radius 1 is 1.21 bits per heavy atom. The van der Waals surface area contributed by atoms with Gasteiger partial charge in [-0.05, 0) is 36.8 Å². The number of halogens is 1. The predicted octanol–water partition coefficient (Wildman–Crippen LogP) is 3.82. The Morgan fingerprint density at radius 3 is 2.96 bits per heavy atom. The van der Waals surface area contributed by atoms with Crippen LogP contribution in [0.1, 0.15) is 21.7 Å². The highest BCUT2D eigenvalue weighted by Crippen LogP contribution is 2.31. The number of aromatic amines is 1. The van der Waals surface area contributed by atoms with Crippen LogP contribution in [-0.4, -0.2) is 37.1 Å². The molecular formula is C21H18ClN5O. The Bertz CT molecular complexity index is 1210. The van der Waals surface area contributed by atoms with Crippen LogP contribution in [0.25, 0.3) is 22.3 Å². The fraction of sp³-hybridized carbons (Fsp3) is 0.190. The molecule has 140 valence electrons. The number of amides is 1. The van der Waals surface area contributed by atoms with Crippen molar-refractivity contribution in [2.45, 2.75) is 13.0 Å². The number of benzene rings is 1. The summed E-state index contributed by atoms with van der Waals surface area (Å²) >= 11 is 6.17. The Kier molecular flexibility index (Phi) is 3.94. The van der Waals surface area contributed by atoms with E-state index in [4.69, 9.17) is 11.6 Å². The summed E-state index contributed by atoms with van der Waals surface area (Å²) in [7, 11) is 1.93. The Hall–Kier alpha value is -3.12. The minimum absolute atomic E-state index is 0.0721. The number of carbonyl (C=O) groups excluding carboxylic acids is 1. The molecule has 0 aliphatic carbocycles. The van der Waals surface area contributed by atoms with E-state index in [9.17, 15) is 4.79 Å². The average Bonchev–Trinajstić information content (AvgIpc) is 3.29. The Labute approximate surface area is 166 Å². The van der Waals surface area contributed by atoms with E-state index >= 15 is 0 Å². The number of fused-ring (bicyclic) bond motifs is 2. The van der Waals surface area contributed by atoms with Crippen molar-refractivity contribution in [1.29, 1.82) is 0 Å². The van der Waals surface area contributed by atoms with Crippen LogP contribution in [0, 0.1) is 0 Å². The number of rotatable bonds is 2. The molecule has 1 amide bonds. The van der Waals surface area contributed by atoms with Gasteiger partial charge in [-0.1, -0.05) is 23.7 Å². The lowest BCUT2D eigenvalue weighted by Gasteiger charge is -2.26. The van der Waals surface area contributed by atoms with Crippen molar-refractivity contribution in [3.63, 3.8) is 0 Å². The molecule has 0 bridgehead atoms. The molecule has 0 unspecified atom stereocenters. The number of nitrogens with one attached hydrogen (secondary N) is 1. The normalized spacial score (nSPS) is 13.7. The van der Waals surface area contributed by atoms with Crippen molar-refractivity contribution in [1.82, 2.24) is 24.6 Å². The van der Waals surface area contributed by atoms with E-state index < -0.39 is 0 Å². The SMILES string of the molecule is Cn1nc2c(c1-c1cccc(Cl)c1)CCN(C(=O)c1ccc3cc[nH]c3n1)C2. The van der Waals surface area contributed by atoms with Gasteiger partial charge in [-0.3, -0.25) is 9.48 Å². The lowest BCUT2D eigenvalue weighted by atomic mass is 9.99. The second kappa shape index (κ2) is 6.49. The number of hydrogen-bond acceptors (Lipinski definition) is 3. The third-order valence-corrected chi connectivity index (χ3v) is 5.45. The largest absolute Gasteiger partial charge is 0.346 e. The second-order valence-electron chi connectivity index (χ2n) is 7.00. The van der Waals surface area contributed by atoms with Crippen LogP contribution in [0.15, 0.2) is 48.7 Å². The van der Waals surface area contributed by atoms with Crippen LogP contribution >= 0.6 is 11.6 Å². The van der Waals surface area contributed by atoms with E-state index in [1.165, 1.54) is 5.56 Å². The number of carbonyl (C=O) groups is 1. The monoisotopic (exact) mass is 391 g/mol. The average molecular weight is 392 g/mol. The maximum atomic E-state index is 13.0. The molecule has 1 N–H and O–H groups in total. The van der Waals surface area contributed by atoms with E-state index in [-0.39, 0.29) is 5.91 Å². The molecule has 5 rings (SSSR count). The van der Waals surface area contributed by atoms with Crippen molar-refractivity contribution >= 4 is 28.5 Å². The summed E-state index contributed by atoms with van der Waals surface area (Å²) in [5.74, 6) is -0.0721. The quantitative estimate of drug-likeness (QED) is 0.565. The maximum absolute atomic E-state index is 13.0. The number of hydrogen-bond donors (Lipinski definition) is 1. The summed E-state index contributed by atoms with van der Waals surface area (Å²) in [6.07, 6.45) is 2.58. The molecule has 0 saturated carbocycles. The van der Waals surface area contributed by atoms with Crippen LogP contribution < -0.4 is 0 Å². The number of nitrogens with zero attached hydrogens (tertiary/aromatic N) is 4. The molecule has 1 aromatic carbocycles. The zero-order chi connectivity index (χ0) is 19.3. The molecule has 0 atom stereocenters. The zero-order valence-corrected chi connectivity index (χ0v) is 16.1. The van der Waals surface area contributed by atoms with E-state index in [2.05, 4.69) is 15.1 Å². The number of aromatic nitrogens is 4. The maximum Gasteiger partial charge on any atom is 0.272 e. The summed E-state index contributed by atoms with van der Waals surface area (Å²) in [5, 5.41) is 6.37. The van der Waals surface area contributed by atoms with Gasteiger partial charge < -0.3 is 9.88 Å². The first-order valence-electron chi connectivity index (χ1n) is 9.14. The van der Waals surface area contributed by atoms with Gasteiger partial charge in [-0.15, -0.1) is 0 Å². The topological polar surface area (TPSA) is 66.8 Å². The smallest absolute Gasteiger partial charge is 0.272 e. The van der Waals surface area contributed by atoms with Crippen molar-refractivity contribution in [2.24, 2.45) is 7.05 Å². The molecule has 3 aromatic heterocycles. The van der Waals surface area contributed by atoms with Gasteiger partial charge in [0.15, 0.2) is 0 Å². The summed E-state index contributed by atoms with van der Waals surface area (Å²) in [5.41, 5.74) is 5.39. The lowest BCUT2D eigenvalue weighted by molar-refractivity contribution is 0.0727. The summed E-state index contributed by atoms with van der Waals surface area (Å²) < 4.78 is 1.88. The lowest BCUT2D eigenvalue weighted by Crippen LogP contribution is -2.36.